The number of ketones is 2. The van der Waals surface area contributed by atoms with Crippen LogP contribution < -0.4 is 10.6 Å². The molecular formula is C22H21FN2O7. The number of hydrogen-bond donors (Lipinski definition) is 3. The summed E-state index contributed by atoms with van der Waals surface area (Å²) in [7, 11) is 0. The molecule has 0 fully saturated rings. The number of carbonyl (C=O) groups is 5. The fourth-order valence-electron chi connectivity index (χ4n) is 2.73. The van der Waals surface area contributed by atoms with Crippen LogP contribution in [0.5, 0.6) is 0 Å². The van der Waals surface area contributed by atoms with Gasteiger partial charge in [0.15, 0.2) is 6.67 Å². The second kappa shape index (κ2) is 11.9. The average molecular weight is 444 g/mol. The summed E-state index contributed by atoms with van der Waals surface area (Å²) in [4.78, 5) is 59.6. The van der Waals surface area contributed by atoms with Gasteiger partial charge in [-0.15, -0.1) is 0 Å². The van der Waals surface area contributed by atoms with Gasteiger partial charge >= 0.3 is 12.1 Å². The summed E-state index contributed by atoms with van der Waals surface area (Å²) in [6.45, 7) is -1.70. The second-order valence-corrected chi connectivity index (χ2v) is 6.63. The number of carboxylic acids is 1. The van der Waals surface area contributed by atoms with Crippen molar-refractivity contribution in [1.29, 1.82) is 0 Å². The van der Waals surface area contributed by atoms with Gasteiger partial charge < -0.3 is 20.5 Å². The van der Waals surface area contributed by atoms with Crippen LogP contribution in [0, 0.1) is 0 Å². The van der Waals surface area contributed by atoms with Crippen LogP contribution in [0.2, 0.25) is 0 Å². The van der Waals surface area contributed by atoms with Gasteiger partial charge in [-0.3, -0.25) is 19.2 Å². The molecule has 2 unspecified atom stereocenters. The Morgan fingerprint density at radius 2 is 1.50 bits per heavy atom. The highest BCUT2D eigenvalue weighted by molar-refractivity contribution is 6.40. The van der Waals surface area contributed by atoms with E-state index in [0.717, 1.165) is 0 Å². The highest BCUT2D eigenvalue weighted by Crippen LogP contribution is 2.14. The molecule has 0 spiro atoms. The summed E-state index contributed by atoms with van der Waals surface area (Å²) in [5.74, 6) is -5.31. The van der Waals surface area contributed by atoms with Crippen molar-refractivity contribution in [3.63, 3.8) is 0 Å². The maximum atomic E-state index is 12.8. The molecule has 2 atom stereocenters. The Labute approximate surface area is 182 Å². The van der Waals surface area contributed by atoms with E-state index in [1.54, 1.807) is 48.5 Å². The van der Waals surface area contributed by atoms with E-state index >= 15 is 0 Å². The molecule has 0 aliphatic rings. The first kappa shape index (κ1) is 24.2. The first-order valence-corrected chi connectivity index (χ1v) is 9.49. The number of alkyl halides is 1. The number of aliphatic carboxylic acids is 1. The van der Waals surface area contributed by atoms with E-state index in [-0.39, 0.29) is 6.61 Å². The van der Waals surface area contributed by atoms with E-state index in [2.05, 4.69) is 10.6 Å². The Bertz CT molecular complexity index is 967. The minimum Gasteiger partial charge on any atom is -0.481 e. The molecule has 2 aromatic carbocycles. The van der Waals surface area contributed by atoms with Crippen LogP contribution in [0.15, 0.2) is 60.7 Å². The Morgan fingerprint density at radius 1 is 0.906 bits per heavy atom. The molecule has 9 nitrogen and oxygen atoms in total. The lowest BCUT2D eigenvalue weighted by atomic mass is 10.0. The van der Waals surface area contributed by atoms with Crippen molar-refractivity contribution >= 4 is 29.5 Å². The van der Waals surface area contributed by atoms with Crippen molar-refractivity contribution in [2.24, 2.45) is 0 Å². The predicted octanol–water partition coefficient (Wildman–Crippen LogP) is 1.72. The van der Waals surface area contributed by atoms with E-state index in [1.807, 2.05) is 0 Å². The fraction of sp³-hybridized carbons (Fsp3) is 0.227. The second-order valence-electron chi connectivity index (χ2n) is 6.63. The minimum atomic E-state index is -1.79. The monoisotopic (exact) mass is 444 g/mol. The first-order chi connectivity index (χ1) is 15.3. The van der Waals surface area contributed by atoms with E-state index in [0.29, 0.717) is 11.1 Å². The molecule has 3 N–H and O–H groups in total. The number of carboxylic acid groups (broad SMARTS) is 1. The van der Waals surface area contributed by atoms with Gasteiger partial charge in [0, 0.05) is 0 Å². The molecule has 2 aromatic rings. The number of carbonyl (C=O) groups excluding carboxylic acids is 4. The summed E-state index contributed by atoms with van der Waals surface area (Å²) >= 11 is 0. The normalized spacial score (nSPS) is 12.2. The molecule has 2 amide bonds. The quantitative estimate of drug-likeness (QED) is 0.449. The number of rotatable bonds is 11. The summed E-state index contributed by atoms with van der Waals surface area (Å²) in [5.41, 5.74) is 1.01. The zero-order valence-electron chi connectivity index (χ0n) is 16.8. The lowest BCUT2D eigenvalue weighted by Gasteiger charge is -2.22. The molecule has 0 radical (unpaired) electrons. The number of benzene rings is 2. The lowest BCUT2D eigenvalue weighted by Crippen LogP contribution is -2.50. The maximum Gasteiger partial charge on any atom is 0.408 e. The molecule has 0 aliphatic heterocycles. The van der Waals surface area contributed by atoms with E-state index in [1.165, 1.54) is 12.1 Å². The molecule has 0 saturated heterocycles. The Kier molecular flexibility index (Phi) is 9.03. The van der Waals surface area contributed by atoms with E-state index in [4.69, 9.17) is 9.84 Å². The van der Waals surface area contributed by atoms with Gasteiger partial charge in [-0.25, -0.2) is 9.18 Å². The molecule has 0 aliphatic carbocycles. The van der Waals surface area contributed by atoms with Crippen molar-refractivity contribution in [2.75, 3.05) is 6.67 Å². The largest absolute Gasteiger partial charge is 0.481 e. The van der Waals surface area contributed by atoms with Crippen LogP contribution in [-0.4, -0.2) is 47.4 Å². The predicted molar refractivity (Wildman–Crippen MR) is 109 cm³/mol. The van der Waals surface area contributed by atoms with Crippen LogP contribution in [0.1, 0.15) is 23.6 Å². The highest BCUT2D eigenvalue weighted by Gasteiger charge is 2.32. The molecular weight excluding hydrogens is 423 g/mol. The van der Waals surface area contributed by atoms with Gasteiger partial charge in [0.1, 0.15) is 18.7 Å². The highest BCUT2D eigenvalue weighted by atomic mass is 19.1. The Morgan fingerprint density at radius 3 is 2.06 bits per heavy atom. The van der Waals surface area contributed by atoms with Crippen LogP contribution in [0.25, 0.3) is 0 Å². The van der Waals surface area contributed by atoms with Gasteiger partial charge in [0.05, 0.1) is 6.42 Å². The van der Waals surface area contributed by atoms with Crippen LogP contribution in [-0.2, 0) is 30.5 Å². The zero-order chi connectivity index (χ0) is 23.5. The number of amides is 2. The summed E-state index contributed by atoms with van der Waals surface area (Å²) < 4.78 is 17.7. The van der Waals surface area contributed by atoms with E-state index in [9.17, 15) is 28.4 Å². The number of ether oxygens (including phenoxy) is 1. The van der Waals surface area contributed by atoms with Crippen molar-refractivity contribution in [3.05, 3.63) is 71.8 Å². The molecule has 0 heterocycles. The molecule has 32 heavy (non-hydrogen) atoms. The van der Waals surface area contributed by atoms with Gasteiger partial charge in [-0.1, -0.05) is 60.7 Å². The van der Waals surface area contributed by atoms with E-state index < -0.39 is 54.7 Å². The van der Waals surface area contributed by atoms with Gasteiger partial charge in [-0.05, 0) is 11.1 Å². The molecule has 10 heteroatoms. The standard InChI is InChI=1S/C22H21FN2O7/c23-12-17(26)20(29)16(11-18(27)28)24-21(30)19(15-9-5-2-6-10-15)25-22(31)32-13-14-7-3-1-4-8-14/h1-10,16,19H,11-13H2,(H,24,30)(H,25,31)(H,27,28). The third-order valence-corrected chi connectivity index (χ3v) is 4.28. The SMILES string of the molecule is O=C(O)CC(NC(=O)C(NC(=O)OCc1ccccc1)c1ccccc1)C(=O)C(=O)CF. The molecule has 2 rings (SSSR count). The van der Waals surface area contributed by atoms with Crippen molar-refractivity contribution < 1.29 is 38.2 Å². The van der Waals surface area contributed by atoms with Gasteiger partial charge in [-0.2, -0.15) is 0 Å². The van der Waals surface area contributed by atoms with Crippen LogP contribution in [0.3, 0.4) is 0 Å². The summed E-state index contributed by atoms with van der Waals surface area (Å²) in [5, 5.41) is 13.4. The van der Waals surface area contributed by atoms with Crippen molar-refractivity contribution in [2.45, 2.75) is 25.1 Å². The van der Waals surface area contributed by atoms with Crippen molar-refractivity contribution in [1.82, 2.24) is 10.6 Å². The lowest BCUT2D eigenvalue weighted by molar-refractivity contribution is -0.143. The summed E-state index contributed by atoms with van der Waals surface area (Å²) in [6.07, 6.45) is -1.88. The Hall–Kier alpha value is -4.08. The smallest absolute Gasteiger partial charge is 0.408 e. The molecule has 0 saturated carbocycles. The number of hydrogen-bond acceptors (Lipinski definition) is 6. The zero-order valence-corrected chi connectivity index (χ0v) is 16.8. The fourth-order valence-corrected chi connectivity index (χ4v) is 2.73. The van der Waals surface area contributed by atoms with Crippen LogP contribution >= 0.6 is 0 Å². The Balaban J connectivity index is 2.16. The molecule has 0 bridgehead atoms. The molecule has 0 aromatic heterocycles. The maximum absolute atomic E-state index is 12.8. The summed E-state index contributed by atoms with van der Waals surface area (Å²) in [6, 6.07) is 13.5. The third-order valence-electron chi connectivity index (χ3n) is 4.28. The topological polar surface area (TPSA) is 139 Å². The van der Waals surface area contributed by atoms with Gasteiger partial charge in [0.25, 0.3) is 0 Å². The molecule has 168 valence electrons. The van der Waals surface area contributed by atoms with Crippen molar-refractivity contribution in [3.8, 4) is 0 Å². The number of alkyl carbamates (subject to hydrolysis) is 1. The average Bonchev–Trinajstić information content (AvgIpc) is 2.80. The minimum absolute atomic E-state index is 0.0685. The third kappa shape index (κ3) is 7.31. The number of nitrogens with one attached hydrogen (secondary N) is 2. The number of Topliss-reactive ketones (excluding diaryl/α,β-unsaturated/α-hetero) is 2. The van der Waals surface area contributed by atoms with Crippen LogP contribution in [0.4, 0.5) is 9.18 Å². The van der Waals surface area contributed by atoms with Gasteiger partial charge in [0.2, 0.25) is 17.5 Å². The first-order valence-electron chi connectivity index (χ1n) is 9.49. The number of halogens is 1.